The molecule has 3 heteroatoms. The minimum absolute atomic E-state index is 0.293. The average Bonchev–Trinajstić information content (AvgIpc) is 2.09. The second-order valence-electron chi connectivity index (χ2n) is 4.35. The first-order chi connectivity index (χ1) is 6.15. The summed E-state index contributed by atoms with van der Waals surface area (Å²) in [6, 6.07) is 0.355. The standard InChI is InChI=1S/C10H22N2O/c1-11(2)10(8-13)9-4-6-12(3)7-5-9/h9-10,13H,4-8H2,1-3H3. The van der Waals surface area contributed by atoms with Crippen LogP contribution >= 0.6 is 0 Å². The van der Waals surface area contributed by atoms with Crippen molar-refractivity contribution in [3.63, 3.8) is 0 Å². The van der Waals surface area contributed by atoms with Crippen molar-refractivity contribution in [3.05, 3.63) is 0 Å². The number of likely N-dealkylation sites (tertiary alicyclic amines) is 1. The first kappa shape index (κ1) is 11.0. The molecule has 0 spiro atoms. The zero-order chi connectivity index (χ0) is 9.84. The Bertz CT molecular complexity index is 142. The van der Waals surface area contributed by atoms with Gasteiger partial charge in [0.2, 0.25) is 0 Å². The van der Waals surface area contributed by atoms with Gasteiger partial charge in [-0.15, -0.1) is 0 Å². The molecular formula is C10H22N2O. The first-order valence-electron chi connectivity index (χ1n) is 5.11. The number of piperidine rings is 1. The van der Waals surface area contributed by atoms with Gasteiger partial charge in [0.05, 0.1) is 6.61 Å². The topological polar surface area (TPSA) is 26.7 Å². The van der Waals surface area contributed by atoms with Gasteiger partial charge in [-0.3, -0.25) is 0 Å². The highest BCUT2D eigenvalue weighted by Gasteiger charge is 2.25. The van der Waals surface area contributed by atoms with Crippen molar-refractivity contribution in [2.45, 2.75) is 18.9 Å². The lowest BCUT2D eigenvalue weighted by atomic mass is 9.89. The molecule has 78 valence electrons. The van der Waals surface area contributed by atoms with Crippen LogP contribution in [0, 0.1) is 5.92 Å². The molecule has 0 aromatic carbocycles. The maximum Gasteiger partial charge on any atom is 0.0589 e. The van der Waals surface area contributed by atoms with E-state index in [0.717, 1.165) is 0 Å². The molecule has 1 rings (SSSR count). The number of rotatable bonds is 3. The SMILES string of the molecule is CN1CCC(C(CO)N(C)C)CC1. The van der Waals surface area contributed by atoms with Gasteiger partial charge in [-0.2, -0.15) is 0 Å². The summed E-state index contributed by atoms with van der Waals surface area (Å²) in [5.41, 5.74) is 0. The molecule has 1 fully saturated rings. The van der Waals surface area contributed by atoms with E-state index in [4.69, 9.17) is 0 Å². The van der Waals surface area contributed by atoms with Crippen molar-refractivity contribution in [1.82, 2.24) is 9.80 Å². The zero-order valence-electron chi connectivity index (χ0n) is 9.03. The Labute approximate surface area is 81.3 Å². The lowest BCUT2D eigenvalue weighted by Crippen LogP contribution is -2.43. The van der Waals surface area contributed by atoms with E-state index in [0.29, 0.717) is 18.6 Å². The summed E-state index contributed by atoms with van der Waals surface area (Å²) in [5, 5.41) is 9.26. The van der Waals surface area contributed by atoms with Crippen LogP contribution in [0.4, 0.5) is 0 Å². The highest BCUT2D eigenvalue weighted by Crippen LogP contribution is 2.21. The van der Waals surface area contributed by atoms with Crippen molar-refractivity contribution in [2.24, 2.45) is 5.92 Å². The third kappa shape index (κ3) is 2.93. The van der Waals surface area contributed by atoms with E-state index in [1.54, 1.807) is 0 Å². The number of likely N-dealkylation sites (N-methyl/N-ethyl adjacent to an activating group) is 1. The van der Waals surface area contributed by atoms with Crippen LogP contribution in [-0.4, -0.2) is 61.8 Å². The number of nitrogens with zero attached hydrogens (tertiary/aromatic N) is 2. The van der Waals surface area contributed by atoms with E-state index in [1.807, 2.05) is 0 Å². The Hall–Kier alpha value is -0.120. The summed E-state index contributed by atoms with van der Waals surface area (Å²) in [6.07, 6.45) is 2.44. The summed E-state index contributed by atoms with van der Waals surface area (Å²) >= 11 is 0. The number of aliphatic hydroxyl groups is 1. The van der Waals surface area contributed by atoms with Gasteiger partial charge in [0.1, 0.15) is 0 Å². The Morgan fingerprint density at radius 1 is 1.38 bits per heavy atom. The fourth-order valence-electron chi connectivity index (χ4n) is 2.15. The van der Waals surface area contributed by atoms with Crippen molar-refractivity contribution in [1.29, 1.82) is 0 Å². The zero-order valence-corrected chi connectivity index (χ0v) is 9.03. The third-order valence-corrected chi connectivity index (χ3v) is 3.16. The monoisotopic (exact) mass is 186 g/mol. The largest absolute Gasteiger partial charge is 0.395 e. The molecule has 0 aliphatic carbocycles. The smallest absolute Gasteiger partial charge is 0.0589 e. The third-order valence-electron chi connectivity index (χ3n) is 3.16. The second-order valence-corrected chi connectivity index (χ2v) is 4.35. The van der Waals surface area contributed by atoms with Crippen molar-refractivity contribution in [3.8, 4) is 0 Å². The predicted octanol–water partition coefficient (Wildman–Crippen LogP) is 0.251. The maximum atomic E-state index is 9.26. The molecule has 1 aliphatic rings. The Morgan fingerprint density at radius 2 is 1.92 bits per heavy atom. The Morgan fingerprint density at radius 3 is 2.31 bits per heavy atom. The van der Waals surface area contributed by atoms with Gasteiger partial charge in [0.25, 0.3) is 0 Å². The quantitative estimate of drug-likeness (QED) is 0.684. The van der Waals surface area contributed by atoms with Gasteiger partial charge in [0, 0.05) is 6.04 Å². The molecule has 3 nitrogen and oxygen atoms in total. The number of aliphatic hydroxyl groups excluding tert-OH is 1. The molecule has 1 N–H and O–H groups in total. The van der Waals surface area contributed by atoms with E-state index in [-0.39, 0.29) is 0 Å². The van der Waals surface area contributed by atoms with E-state index in [2.05, 4.69) is 30.9 Å². The van der Waals surface area contributed by atoms with Gasteiger partial charge >= 0.3 is 0 Å². The summed E-state index contributed by atoms with van der Waals surface area (Å²) in [4.78, 5) is 4.51. The van der Waals surface area contributed by atoms with Crippen LogP contribution in [0.25, 0.3) is 0 Å². The first-order valence-corrected chi connectivity index (χ1v) is 5.11. The van der Waals surface area contributed by atoms with Gasteiger partial charge < -0.3 is 14.9 Å². The van der Waals surface area contributed by atoms with Crippen LogP contribution in [0.15, 0.2) is 0 Å². The van der Waals surface area contributed by atoms with Crippen LogP contribution in [0.1, 0.15) is 12.8 Å². The Balaban J connectivity index is 2.41. The van der Waals surface area contributed by atoms with Gasteiger partial charge in [-0.1, -0.05) is 0 Å². The molecule has 1 aliphatic heterocycles. The van der Waals surface area contributed by atoms with Crippen LogP contribution < -0.4 is 0 Å². The molecule has 0 radical (unpaired) electrons. The minimum atomic E-state index is 0.293. The van der Waals surface area contributed by atoms with Crippen LogP contribution in [-0.2, 0) is 0 Å². The summed E-state index contributed by atoms with van der Waals surface area (Å²) < 4.78 is 0. The minimum Gasteiger partial charge on any atom is -0.395 e. The van der Waals surface area contributed by atoms with Crippen LogP contribution in [0.2, 0.25) is 0 Å². The molecular weight excluding hydrogens is 164 g/mol. The van der Waals surface area contributed by atoms with E-state index >= 15 is 0 Å². The van der Waals surface area contributed by atoms with Crippen LogP contribution in [0.5, 0.6) is 0 Å². The molecule has 0 amide bonds. The second kappa shape index (κ2) is 4.94. The molecule has 0 aromatic heterocycles. The van der Waals surface area contributed by atoms with E-state index in [9.17, 15) is 5.11 Å². The molecule has 0 bridgehead atoms. The lowest BCUT2D eigenvalue weighted by molar-refractivity contribution is 0.0825. The van der Waals surface area contributed by atoms with Crippen molar-refractivity contribution in [2.75, 3.05) is 40.8 Å². The molecule has 1 saturated heterocycles. The Kier molecular flexibility index (Phi) is 4.16. The fraction of sp³-hybridized carbons (Fsp3) is 1.00. The van der Waals surface area contributed by atoms with Crippen molar-refractivity contribution >= 4 is 0 Å². The maximum absolute atomic E-state index is 9.26. The summed E-state index contributed by atoms with van der Waals surface area (Å²) in [6.45, 7) is 2.64. The molecule has 13 heavy (non-hydrogen) atoms. The summed E-state index contributed by atoms with van der Waals surface area (Å²) in [5.74, 6) is 0.677. The molecule has 0 aromatic rings. The lowest BCUT2D eigenvalue weighted by Gasteiger charge is -2.36. The van der Waals surface area contributed by atoms with E-state index < -0.39 is 0 Å². The average molecular weight is 186 g/mol. The number of hydrogen-bond donors (Lipinski definition) is 1. The normalized spacial score (nSPS) is 23.8. The van der Waals surface area contributed by atoms with Gasteiger partial charge in [-0.25, -0.2) is 0 Å². The number of hydrogen-bond acceptors (Lipinski definition) is 3. The highest BCUT2D eigenvalue weighted by atomic mass is 16.3. The van der Waals surface area contributed by atoms with Gasteiger partial charge in [-0.05, 0) is 53.0 Å². The van der Waals surface area contributed by atoms with Crippen LogP contribution in [0.3, 0.4) is 0 Å². The molecule has 1 unspecified atom stereocenters. The molecule has 1 heterocycles. The van der Waals surface area contributed by atoms with Crippen molar-refractivity contribution < 1.29 is 5.11 Å². The molecule has 1 atom stereocenters. The van der Waals surface area contributed by atoms with Gasteiger partial charge in [0.15, 0.2) is 0 Å². The highest BCUT2D eigenvalue weighted by molar-refractivity contribution is 4.80. The van der Waals surface area contributed by atoms with E-state index in [1.165, 1.54) is 25.9 Å². The summed E-state index contributed by atoms with van der Waals surface area (Å²) in [7, 11) is 6.28. The predicted molar refractivity (Wildman–Crippen MR) is 54.8 cm³/mol. The molecule has 0 saturated carbocycles. The fourth-order valence-corrected chi connectivity index (χ4v) is 2.15.